The van der Waals surface area contributed by atoms with Crippen LogP contribution in [0, 0.1) is 0 Å². The topological polar surface area (TPSA) is 103 Å². The van der Waals surface area contributed by atoms with Crippen LogP contribution in [0.25, 0.3) is 10.9 Å². The number of sulfone groups is 1. The van der Waals surface area contributed by atoms with Gasteiger partial charge < -0.3 is 15.4 Å². The van der Waals surface area contributed by atoms with E-state index in [2.05, 4.69) is 4.98 Å². The molecule has 1 aliphatic rings. The fourth-order valence-corrected chi connectivity index (χ4v) is 4.95. The number of nitrogen functional groups attached to an aromatic ring is 1. The van der Waals surface area contributed by atoms with E-state index in [1.54, 1.807) is 35.4 Å². The van der Waals surface area contributed by atoms with Gasteiger partial charge in [0.2, 0.25) is 0 Å². The first-order valence-electron chi connectivity index (χ1n) is 8.94. The Morgan fingerprint density at radius 1 is 1.22 bits per heavy atom. The number of fused-ring (bicyclic) bond motifs is 1. The summed E-state index contributed by atoms with van der Waals surface area (Å²) in [6.45, 7) is 6.14. The number of benzene rings is 1. The van der Waals surface area contributed by atoms with Crippen molar-refractivity contribution in [2.75, 3.05) is 18.8 Å². The summed E-state index contributed by atoms with van der Waals surface area (Å²) >= 11 is 0. The average molecular weight is 391 g/mol. The first kappa shape index (κ1) is 19.4. The van der Waals surface area contributed by atoms with Crippen LogP contribution < -0.4 is 5.73 Å². The summed E-state index contributed by atoms with van der Waals surface area (Å²) in [5, 5.41) is 0.0938. The second kappa shape index (κ2) is 6.99. The van der Waals surface area contributed by atoms with E-state index < -0.39 is 26.8 Å². The molecule has 146 valence electrons. The van der Waals surface area contributed by atoms with Gasteiger partial charge in [0.05, 0.1) is 15.7 Å². The SMILES string of the molecule is CC(C)(C)OC(=O)N1CCC(S(=O)(=O)c2ccc3nccc(N)c3c2)CC1. The smallest absolute Gasteiger partial charge is 0.410 e. The Bertz CT molecular complexity index is 959. The lowest BCUT2D eigenvalue weighted by molar-refractivity contribution is 0.0217. The van der Waals surface area contributed by atoms with Gasteiger partial charge in [-0.3, -0.25) is 4.98 Å². The normalized spacial score (nSPS) is 16.5. The van der Waals surface area contributed by atoms with Gasteiger partial charge in [-0.2, -0.15) is 0 Å². The highest BCUT2D eigenvalue weighted by atomic mass is 32.2. The number of likely N-dealkylation sites (tertiary alicyclic amines) is 1. The summed E-state index contributed by atoms with van der Waals surface area (Å²) in [5.41, 5.74) is 6.54. The number of carbonyl (C=O) groups is 1. The molecule has 2 heterocycles. The number of rotatable bonds is 2. The van der Waals surface area contributed by atoms with Crippen molar-refractivity contribution in [3.63, 3.8) is 0 Å². The molecule has 2 N–H and O–H groups in total. The Morgan fingerprint density at radius 2 is 1.89 bits per heavy atom. The van der Waals surface area contributed by atoms with Crippen molar-refractivity contribution in [3.05, 3.63) is 30.5 Å². The van der Waals surface area contributed by atoms with E-state index in [1.807, 2.05) is 20.8 Å². The minimum atomic E-state index is -3.52. The molecule has 0 bridgehead atoms. The van der Waals surface area contributed by atoms with Crippen LogP contribution in [0.4, 0.5) is 10.5 Å². The van der Waals surface area contributed by atoms with Gasteiger partial charge in [-0.05, 0) is 57.9 Å². The third kappa shape index (κ3) is 4.16. The standard InChI is InChI=1S/C19H25N3O4S/c1-19(2,3)26-18(23)22-10-7-13(8-11-22)27(24,25)14-4-5-17-15(12-14)16(20)6-9-21-17/h4-6,9,12-13H,7-8,10-11H2,1-3H3,(H2,20,21). The van der Waals surface area contributed by atoms with E-state index in [9.17, 15) is 13.2 Å². The van der Waals surface area contributed by atoms with E-state index in [1.165, 1.54) is 0 Å². The van der Waals surface area contributed by atoms with E-state index in [-0.39, 0.29) is 4.90 Å². The van der Waals surface area contributed by atoms with Gasteiger partial charge in [0.1, 0.15) is 5.60 Å². The number of ether oxygens (including phenoxy) is 1. The summed E-state index contributed by atoms with van der Waals surface area (Å²) < 4.78 is 31.5. The number of aromatic nitrogens is 1. The van der Waals surface area contributed by atoms with Crippen molar-refractivity contribution in [2.24, 2.45) is 0 Å². The molecular weight excluding hydrogens is 366 g/mol. The maximum absolute atomic E-state index is 13.1. The van der Waals surface area contributed by atoms with Gasteiger partial charge in [-0.25, -0.2) is 13.2 Å². The van der Waals surface area contributed by atoms with Crippen LogP contribution in [0.15, 0.2) is 35.4 Å². The molecule has 1 fully saturated rings. The molecule has 1 amide bonds. The molecule has 1 aromatic carbocycles. The predicted octanol–water partition coefficient (Wildman–Crippen LogP) is 2.99. The van der Waals surface area contributed by atoms with Gasteiger partial charge in [0, 0.05) is 30.4 Å². The Kier molecular flexibility index (Phi) is 5.03. The molecule has 1 aliphatic heterocycles. The number of amides is 1. The molecule has 0 saturated carbocycles. The van der Waals surface area contributed by atoms with Gasteiger partial charge in [0.25, 0.3) is 0 Å². The number of nitrogens with zero attached hydrogens (tertiary/aromatic N) is 2. The molecule has 0 aliphatic carbocycles. The molecule has 8 heteroatoms. The summed E-state index contributed by atoms with van der Waals surface area (Å²) in [5.74, 6) is 0. The van der Waals surface area contributed by atoms with Crippen molar-refractivity contribution in [3.8, 4) is 0 Å². The zero-order valence-electron chi connectivity index (χ0n) is 15.8. The lowest BCUT2D eigenvalue weighted by Gasteiger charge is -2.33. The largest absolute Gasteiger partial charge is 0.444 e. The van der Waals surface area contributed by atoms with Crippen molar-refractivity contribution >= 4 is 32.5 Å². The van der Waals surface area contributed by atoms with Crippen molar-refractivity contribution < 1.29 is 17.9 Å². The van der Waals surface area contributed by atoms with Crippen LogP contribution in [-0.4, -0.2) is 48.3 Å². The minimum Gasteiger partial charge on any atom is -0.444 e. The number of pyridine rings is 1. The predicted molar refractivity (Wildman–Crippen MR) is 104 cm³/mol. The first-order chi connectivity index (χ1) is 12.6. The second-order valence-electron chi connectivity index (χ2n) is 7.79. The number of anilines is 1. The maximum atomic E-state index is 13.1. The number of piperidine rings is 1. The Hall–Kier alpha value is -2.35. The first-order valence-corrected chi connectivity index (χ1v) is 10.5. The van der Waals surface area contributed by atoms with Crippen molar-refractivity contribution in [2.45, 2.75) is 49.4 Å². The summed E-state index contributed by atoms with van der Waals surface area (Å²) in [7, 11) is -3.52. The molecule has 0 radical (unpaired) electrons. The highest BCUT2D eigenvalue weighted by molar-refractivity contribution is 7.92. The second-order valence-corrected chi connectivity index (χ2v) is 10.0. The molecule has 1 aromatic heterocycles. The fraction of sp³-hybridized carbons (Fsp3) is 0.474. The molecule has 7 nitrogen and oxygen atoms in total. The van der Waals surface area contributed by atoms with E-state index >= 15 is 0 Å². The fourth-order valence-electron chi connectivity index (χ4n) is 3.19. The zero-order chi connectivity index (χ0) is 19.8. The molecule has 0 spiro atoms. The summed E-state index contributed by atoms with van der Waals surface area (Å²) in [4.78, 5) is 18.2. The quantitative estimate of drug-likeness (QED) is 0.844. The molecule has 27 heavy (non-hydrogen) atoms. The highest BCUT2D eigenvalue weighted by Crippen LogP contribution is 2.29. The molecule has 0 atom stereocenters. The Morgan fingerprint density at radius 3 is 2.52 bits per heavy atom. The Balaban J connectivity index is 1.76. The molecule has 1 saturated heterocycles. The van der Waals surface area contributed by atoms with Crippen LogP contribution in [0.2, 0.25) is 0 Å². The molecule has 2 aromatic rings. The molecular formula is C19H25N3O4S. The monoisotopic (exact) mass is 391 g/mol. The van der Waals surface area contributed by atoms with Crippen LogP contribution in [0.3, 0.4) is 0 Å². The lowest BCUT2D eigenvalue weighted by Crippen LogP contribution is -2.44. The van der Waals surface area contributed by atoms with Crippen LogP contribution in [0.1, 0.15) is 33.6 Å². The summed E-state index contributed by atoms with van der Waals surface area (Å²) in [6.07, 6.45) is 1.95. The van der Waals surface area contributed by atoms with Crippen LogP contribution in [0.5, 0.6) is 0 Å². The zero-order valence-corrected chi connectivity index (χ0v) is 16.6. The highest BCUT2D eigenvalue weighted by Gasteiger charge is 2.34. The van der Waals surface area contributed by atoms with Gasteiger partial charge in [0.15, 0.2) is 9.84 Å². The van der Waals surface area contributed by atoms with Crippen molar-refractivity contribution in [1.82, 2.24) is 9.88 Å². The summed E-state index contributed by atoms with van der Waals surface area (Å²) in [6, 6.07) is 6.49. The van der Waals surface area contributed by atoms with Crippen LogP contribution >= 0.6 is 0 Å². The van der Waals surface area contributed by atoms with E-state index in [0.29, 0.717) is 42.5 Å². The van der Waals surface area contributed by atoms with Crippen LogP contribution in [-0.2, 0) is 14.6 Å². The van der Waals surface area contributed by atoms with Gasteiger partial charge in [-0.15, -0.1) is 0 Å². The lowest BCUT2D eigenvalue weighted by atomic mass is 10.1. The van der Waals surface area contributed by atoms with Gasteiger partial charge in [-0.1, -0.05) is 0 Å². The van der Waals surface area contributed by atoms with Crippen molar-refractivity contribution in [1.29, 1.82) is 0 Å². The third-order valence-electron chi connectivity index (χ3n) is 4.61. The van der Waals surface area contributed by atoms with E-state index in [0.717, 1.165) is 0 Å². The maximum Gasteiger partial charge on any atom is 0.410 e. The van der Waals surface area contributed by atoms with Gasteiger partial charge >= 0.3 is 6.09 Å². The van der Waals surface area contributed by atoms with E-state index in [4.69, 9.17) is 10.5 Å². The number of nitrogens with two attached hydrogens (primary N) is 1. The number of carbonyl (C=O) groups excluding carboxylic acids is 1. The molecule has 0 unspecified atom stereocenters. The number of hydrogen-bond donors (Lipinski definition) is 1. The third-order valence-corrected chi connectivity index (χ3v) is 6.87. The minimum absolute atomic E-state index is 0.241. The molecule has 3 rings (SSSR count). The average Bonchev–Trinajstić information content (AvgIpc) is 2.60. The number of hydrogen-bond acceptors (Lipinski definition) is 6. The Labute approximate surface area is 159 Å².